The molecular weight excluding hydrogens is 677 g/mol. The molecule has 0 fully saturated rings. The normalized spacial score (nSPS) is 10.9. The Kier molecular flexibility index (Phi) is 10.8. The minimum Gasteiger partial charge on any atom is -0.307 e. The lowest BCUT2D eigenvalue weighted by atomic mass is 10.1. The smallest absolute Gasteiger partial charge is 0.256 e. The molecule has 0 spiro atoms. The largest absolute Gasteiger partial charge is 0.307 e. The van der Waals surface area contributed by atoms with Crippen LogP contribution in [0.5, 0.6) is 0 Å². The fraction of sp³-hybridized carbons (Fsp3) is 0.119. The van der Waals surface area contributed by atoms with Crippen molar-refractivity contribution in [2.45, 2.75) is 33.5 Å². The molecular formula is C42H36N10O2. The van der Waals surface area contributed by atoms with Crippen LogP contribution in [0.25, 0.3) is 22.8 Å². The van der Waals surface area contributed by atoms with Crippen LogP contribution in [0.4, 0.5) is 11.6 Å². The molecule has 0 unspecified atom stereocenters. The van der Waals surface area contributed by atoms with Gasteiger partial charge >= 0.3 is 0 Å². The van der Waals surface area contributed by atoms with E-state index in [2.05, 4.69) is 40.5 Å². The number of aryl methyl sites for hydroxylation is 2. The van der Waals surface area contributed by atoms with Crippen molar-refractivity contribution in [2.24, 2.45) is 0 Å². The molecule has 54 heavy (non-hydrogen) atoms. The Hall–Kier alpha value is -7.05. The van der Waals surface area contributed by atoms with Crippen molar-refractivity contribution in [1.82, 2.24) is 39.8 Å². The van der Waals surface area contributed by atoms with Crippen molar-refractivity contribution in [3.63, 3.8) is 0 Å². The Morgan fingerprint density at radius 3 is 1.39 bits per heavy atom. The van der Waals surface area contributed by atoms with Crippen LogP contribution in [0.3, 0.4) is 0 Å². The molecule has 0 radical (unpaired) electrons. The number of amides is 2. The molecule has 12 heteroatoms. The Morgan fingerprint density at radius 2 is 0.926 bits per heavy atom. The van der Waals surface area contributed by atoms with E-state index >= 15 is 0 Å². The van der Waals surface area contributed by atoms with Crippen LogP contribution in [0.1, 0.15) is 48.9 Å². The van der Waals surface area contributed by atoms with Crippen LogP contribution in [0.15, 0.2) is 134 Å². The SMILES string of the molecule is Cc1ccnc(-c2cc(C(=O)Nc3cccc(CN(Cc4ccccn4)Cc4cccc(NC(=O)c5ccnc(-c6cc(C)ccn6)c5)n4)n3)ccn2)c1. The average Bonchev–Trinajstić information content (AvgIpc) is 3.19. The van der Waals surface area contributed by atoms with E-state index in [1.54, 1.807) is 67.4 Å². The van der Waals surface area contributed by atoms with Gasteiger partial charge in [0.1, 0.15) is 11.6 Å². The highest BCUT2D eigenvalue weighted by atomic mass is 16.2. The summed E-state index contributed by atoms with van der Waals surface area (Å²) in [5.74, 6) is 0.226. The van der Waals surface area contributed by atoms with Gasteiger partial charge in [0.25, 0.3) is 11.8 Å². The number of carbonyl (C=O) groups excluding carboxylic acids is 2. The predicted octanol–water partition coefficient (Wildman–Crippen LogP) is 7.11. The Balaban J connectivity index is 1.05. The van der Waals surface area contributed by atoms with Crippen molar-refractivity contribution in [3.05, 3.63) is 173 Å². The molecule has 7 aromatic heterocycles. The summed E-state index contributed by atoms with van der Waals surface area (Å²) >= 11 is 0. The van der Waals surface area contributed by atoms with Crippen molar-refractivity contribution in [3.8, 4) is 22.8 Å². The predicted molar refractivity (Wildman–Crippen MR) is 206 cm³/mol. The van der Waals surface area contributed by atoms with Crippen LogP contribution < -0.4 is 10.6 Å². The highest BCUT2D eigenvalue weighted by Gasteiger charge is 2.15. The third-order valence-electron chi connectivity index (χ3n) is 8.38. The third kappa shape index (κ3) is 9.24. The maximum absolute atomic E-state index is 13.3. The van der Waals surface area contributed by atoms with E-state index in [4.69, 9.17) is 9.97 Å². The topological polar surface area (TPSA) is 152 Å². The Morgan fingerprint density at radius 1 is 0.481 bits per heavy atom. The molecule has 0 saturated heterocycles. The minimum atomic E-state index is -0.306. The molecule has 0 atom stereocenters. The molecule has 0 aliphatic carbocycles. The number of pyridine rings is 7. The Bertz CT molecular complexity index is 2270. The van der Waals surface area contributed by atoms with Crippen molar-refractivity contribution in [1.29, 1.82) is 0 Å². The number of aromatic nitrogens is 7. The van der Waals surface area contributed by atoms with Crippen LogP contribution in [0, 0.1) is 13.8 Å². The molecule has 0 aromatic carbocycles. The molecule has 7 heterocycles. The number of anilines is 2. The van der Waals surface area contributed by atoms with Gasteiger partial charge in [0.15, 0.2) is 0 Å². The van der Waals surface area contributed by atoms with Crippen molar-refractivity contribution in [2.75, 3.05) is 10.6 Å². The molecule has 2 N–H and O–H groups in total. The lowest BCUT2D eigenvalue weighted by molar-refractivity contribution is 0.101. The molecule has 7 rings (SSSR count). The summed E-state index contributed by atoms with van der Waals surface area (Å²) in [7, 11) is 0. The van der Waals surface area contributed by atoms with Gasteiger partial charge in [0.2, 0.25) is 0 Å². The van der Waals surface area contributed by atoms with Crippen LogP contribution in [-0.2, 0) is 19.6 Å². The maximum atomic E-state index is 13.3. The maximum Gasteiger partial charge on any atom is 0.256 e. The van der Waals surface area contributed by atoms with Gasteiger partial charge in [-0.25, -0.2) is 9.97 Å². The first kappa shape index (κ1) is 35.4. The van der Waals surface area contributed by atoms with Gasteiger partial charge in [-0.1, -0.05) is 18.2 Å². The zero-order valence-corrected chi connectivity index (χ0v) is 29.7. The molecule has 0 aliphatic rings. The number of hydrogen-bond donors (Lipinski definition) is 2. The summed E-state index contributed by atoms with van der Waals surface area (Å²) in [5.41, 5.74) is 7.95. The standard InChI is InChI=1S/C42H36N10O2/c1-28-12-17-44-35(21-28)37-23-30(14-19-46-37)41(53)50-39-10-5-8-33(48-39)26-52(25-32-7-3-4-16-43-32)27-34-9-6-11-40(49-34)51-42(54)31-15-20-47-38(24-31)36-22-29(2)13-18-45-36/h3-24H,25-27H2,1-2H3,(H,48,50,53)(H,49,51,54). The van der Waals surface area contributed by atoms with Crippen molar-refractivity contribution < 1.29 is 9.59 Å². The summed E-state index contributed by atoms with van der Waals surface area (Å²) in [5, 5.41) is 5.85. The van der Waals surface area contributed by atoms with Crippen molar-refractivity contribution >= 4 is 23.5 Å². The van der Waals surface area contributed by atoms with E-state index in [0.717, 1.165) is 28.2 Å². The molecule has 7 aromatic rings. The molecule has 12 nitrogen and oxygen atoms in total. The lowest BCUT2D eigenvalue weighted by Gasteiger charge is -2.22. The van der Waals surface area contributed by atoms with E-state index in [9.17, 15) is 9.59 Å². The zero-order chi connectivity index (χ0) is 37.3. The van der Waals surface area contributed by atoms with E-state index in [1.807, 2.05) is 80.6 Å². The van der Waals surface area contributed by atoms with E-state index in [-0.39, 0.29) is 11.8 Å². The molecule has 2 amide bonds. The van der Waals surface area contributed by atoms with Gasteiger partial charge in [-0.05, 0) is 110 Å². The summed E-state index contributed by atoms with van der Waals surface area (Å²) in [6.45, 7) is 5.34. The lowest BCUT2D eigenvalue weighted by Crippen LogP contribution is -2.24. The summed E-state index contributed by atoms with van der Waals surface area (Å²) in [6.07, 6.45) is 8.40. The number of carbonyl (C=O) groups is 2. The second kappa shape index (κ2) is 16.5. The van der Waals surface area contributed by atoms with Gasteiger partial charge in [0, 0.05) is 61.7 Å². The molecule has 266 valence electrons. The summed E-state index contributed by atoms with van der Waals surface area (Å²) < 4.78 is 0. The first-order chi connectivity index (χ1) is 26.3. The van der Waals surface area contributed by atoms with Gasteiger partial charge in [-0.3, -0.25) is 39.4 Å². The zero-order valence-electron chi connectivity index (χ0n) is 29.7. The average molecular weight is 713 g/mol. The molecule has 0 saturated carbocycles. The van der Waals surface area contributed by atoms with Gasteiger partial charge in [0.05, 0.1) is 39.9 Å². The van der Waals surface area contributed by atoms with Crippen LogP contribution in [0.2, 0.25) is 0 Å². The van der Waals surface area contributed by atoms with Crippen LogP contribution in [-0.4, -0.2) is 51.6 Å². The molecule has 0 aliphatic heterocycles. The molecule has 0 bridgehead atoms. The van der Waals surface area contributed by atoms with Gasteiger partial charge in [-0.2, -0.15) is 0 Å². The monoisotopic (exact) mass is 712 g/mol. The first-order valence-corrected chi connectivity index (χ1v) is 17.3. The fourth-order valence-electron chi connectivity index (χ4n) is 5.77. The Labute approximate surface area is 312 Å². The van der Waals surface area contributed by atoms with Gasteiger partial charge < -0.3 is 10.6 Å². The fourth-order valence-corrected chi connectivity index (χ4v) is 5.77. The quantitative estimate of drug-likeness (QED) is 0.134. The second-order valence-electron chi connectivity index (χ2n) is 12.7. The number of hydrogen-bond acceptors (Lipinski definition) is 10. The second-order valence-corrected chi connectivity index (χ2v) is 12.7. The van der Waals surface area contributed by atoms with E-state index < -0.39 is 0 Å². The first-order valence-electron chi connectivity index (χ1n) is 17.3. The highest BCUT2D eigenvalue weighted by molar-refractivity contribution is 6.04. The summed E-state index contributed by atoms with van der Waals surface area (Å²) in [4.78, 5) is 60.4. The minimum absolute atomic E-state index is 0.306. The highest BCUT2D eigenvalue weighted by Crippen LogP contribution is 2.20. The van der Waals surface area contributed by atoms with E-state index in [1.165, 1.54) is 0 Å². The number of nitrogens with zero attached hydrogens (tertiary/aromatic N) is 8. The summed E-state index contributed by atoms with van der Waals surface area (Å²) in [6, 6.07) is 31.3. The van der Waals surface area contributed by atoms with Crippen LogP contribution >= 0.6 is 0 Å². The number of nitrogens with one attached hydrogen (secondary N) is 2. The third-order valence-corrected chi connectivity index (χ3v) is 8.38. The van der Waals surface area contributed by atoms with Gasteiger partial charge in [-0.15, -0.1) is 0 Å². The number of rotatable bonds is 12. The van der Waals surface area contributed by atoms with E-state index in [0.29, 0.717) is 65.2 Å².